The van der Waals surface area contributed by atoms with Crippen LogP contribution >= 0.6 is 0 Å². The minimum atomic E-state index is 1.06. The molecule has 178 valence electrons. The molecule has 0 atom stereocenters. The molecule has 0 aliphatic rings. The molecule has 0 amide bonds. The van der Waals surface area contributed by atoms with Crippen molar-refractivity contribution in [1.82, 2.24) is 4.57 Å². The van der Waals surface area contributed by atoms with Crippen molar-refractivity contribution in [2.75, 3.05) is 0 Å². The van der Waals surface area contributed by atoms with Crippen molar-refractivity contribution in [1.29, 1.82) is 0 Å². The SMILES string of the molecule is CCCc1ccc2c(c1-c1ccccc1C)c1c3ccccc3ccc1n2-c1ccc2ccccc2c1. The van der Waals surface area contributed by atoms with Gasteiger partial charge in [-0.3, -0.25) is 0 Å². The Morgan fingerprint density at radius 2 is 1.27 bits per heavy atom. The quantitative estimate of drug-likeness (QED) is 0.239. The standard InChI is InChI=1S/C36H29N/c1-3-10-27-19-22-33-36(34(27)30-15-8-4-11-24(30)2)35-31-16-9-7-13-26(31)18-21-32(35)37(33)29-20-17-25-12-5-6-14-28(25)23-29/h4-9,11-23H,3,10H2,1-2H3. The number of rotatable bonds is 4. The minimum Gasteiger partial charge on any atom is -0.309 e. The molecule has 1 nitrogen and oxygen atoms in total. The topological polar surface area (TPSA) is 4.93 Å². The molecule has 0 spiro atoms. The Morgan fingerprint density at radius 1 is 0.595 bits per heavy atom. The number of benzene rings is 6. The predicted octanol–water partition coefficient (Wildman–Crippen LogP) is 10.0. The van der Waals surface area contributed by atoms with Crippen LogP contribution in [-0.2, 0) is 6.42 Å². The zero-order valence-corrected chi connectivity index (χ0v) is 21.3. The maximum Gasteiger partial charge on any atom is 0.0547 e. The molecule has 0 saturated heterocycles. The molecule has 0 bridgehead atoms. The smallest absolute Gasteiger partial charge is 0.0547 e. The van der Waals surface area contributed by atoms with E-state index in [1.54, 1.807) is 0 Å². The Balaban J connectivity index is 1.71. The number of fused-ring (bicyclic) bond motifs is 6. The fourth-order valence-corrected chi connectivity index (χ4v) is 6.15. The van der Waals surface area contributed by atoms with Gasteiger partial charge in [0.2, 0.25) is 0 Å². The molecule has 0 fully saturated rings. The monoisotopic (exact) mass is 475 g/mol. The number of aromatic nitrogens is 1. The molecule has 7 aromatic rings. The van der Waals surface area contributed by atoms with Gasteiger partial charge in [-0.2, -0.15) is 0 Å². The van der Waals surface area contributed by atoms with E-state index in [0.717, 1.165) is 12.8 Å². The first kappa shape index (κ1) is 21.9. The van der Waals surface area contributed by atoms with Crippen molar-refractivity contribution in [2.24, 2.45) is 0 Å². The lowest BCUT2D eigenvalue weighted by molar-refractivity contribution is 0.925. The van der Waals surface area contributed by atoms with E-state index in [1.165, 1.54) is 71.3 Å². The Morgan fingerprint density at radius 3 is 2.11 bits per heavy atom. The van der Waals surface area contributed by atoms with E-state index >= 15 is 0 Å². The van der Waals surface area contributed by atoms with Crippen LogP contribution in [0.2, 0.25) is 0 Å². The first-order valence-electron chi connectivity index (χ1n) is 13.3. The second-order valence-corrected chi connectivity index (χ2v) is 10.1. The van der Waals surface area contributed by atoms with E-state index in [2.05, 4.69) is 134 Å². The fraction of sp³-hybridized carbons (Fsp3) is 0.111. The summed E-state index contributed by atoms with van der Waals surface area (Å²) in [5.41, 5.74) is 9.19. The minimum absolute atomic E-state index is 1.06. The summed E-state index contributed by atoms with van der Waals surface area (Å²) in [6.45, 7) is 4.52. The molecule has 6 aromatic carbocycles. The van der Waals surface area contributed by atoms with Gasteiger partial charge in [-0.1, -0.05) is 104 Å². The van der Waals surface area contributed by atoms with Crippen molar-refractivity contribution in [3.63, 3.8) is 0 Å². The third-order valence-electron chi connectivity index (χ3n) is 7.83. The summed E-state index contributed by atoms with van der Waals surface area (Å²) < 4.78 is 2.47. The second kappa shape index (κ2) is 8.64. The summed E-state index contributed by atoms with van der Waals surface area (Å²) in [5, 5.41) is 7.83. The summed E-state index contributed by atoms with van der Waals surface area (Å²) in [6.07, 6.45) is 2.18. The van der Waals surface area contributed by atoms with Crippen LogP contribution in [0.4, 0.5) is 0 Å². The third-order valence-corrected chi connectivity index (χ3v) is 7.83. The number of aryl methyl sites for hydroxylation is 2. The van der Waals surface area contributed by atoms with Gasteiger partial charge in [0.05, 0.1) is 11.0 Å². The van der Waals surface area contributed by atoms with Gasteiger partial charge in [-0.05, 0) is 81.4 Å². The Labute approximate surface area is 217 Å². The maximum absolute atomic E-state index is 2.47. The molecular weight excluding hydrogens is 446 g/mol. The van der Waals surface area contributed by atoms with Gasteiger partial charge < -0.3 is 4.57 Å². The number of hydrogen-bond donors (Lipinski definition) is 0. The summed E-state index contributed by atoms with van der Waals surface area (Å²) in [6, 6.07) is 42.5. The summed E-state index contributed by atoms with van der Waals surface area (Å²) >= 11 is 0. The van der Waals surface area contributed by atoms with Crippen LogP contribution in [0, 0.1) is 6.92 Å². The lowest BCUT2D eigenvalue weighted by Crippen LogP contribution is -1.96. The Kier molecular flexibility index (Phi) is 5.11. The van der Waals surface area contributed by atoms with Gasteiger partial charge in [0.25, 0.3) is 0 Å². The molecule has 0 N–H and O–H groups in total. The van der Waals surface area contributed by atoms with E-state index in [1.807, 2.05) is 0 Å². The van der Waals surface area contributed by atoms with Crippen molar-refractivity contribution >= 4 is 43.4 Å². The second-order valence-electron chi connectivity index (χ2n) is 10.1. The molecule has 1 aromatic heterocycles. The van der Waals surface area contributed by atoms with Crippen molar-refractivity contribution in [2.45, 2.75) is 26.7 Å². The highest BCUT2D eigenvalue weighted by Crippen LogP contribution is 2.44. The summed E-state index contributed by atoms with van der Waals surface area (Å²) in [5.74, 6) is 0. The van der Waals surface area contributed by atoms with E-state index in [-0.39, 0.29) is 0 Å². The van der Waals surface area contributed by atoms with Crippen LogP contribution in [0.25, 0.3) is 60.2 Å². The highest BCUT2D eigenvalue weighted by Gasteiger charge is 2.21. The molecule has 0 unspecified atom stereocenters. The van der Waals surface area contributed by atoms with Crippen LogP contribution < -0.4 is 0 Å². The zero-order valence-electron chi connectivity index (χ0n) is 21.3. The lowest BCUT2D eigenvalue weighted by atomic mass is 9.89. The molecule has 1 heteroatoms. The first-order valence-corrected chi connectivity index (χ1v) is 13.3. The third kappa shape index (κ3) is 3.38. The molecule has 0 saturated carbocycles. The maximum atomic E-state index is 2.47. The van der Waals surface area contributed by atoms with Crippen LogP contribution in [-0.4, -0.2) is 4.57 Å². The number of nitrogens with zero attached hydrogens (tertiary/aromatic N) is 1. The Hall–Kier alpha value is -4.36. The van der Waals surface area contributed by atoms with Crippen molar-refractivity contribution in [3.8, 4) is 16.8 Å². The molecule has 37 heavy (non-hydrogen) atoms. The van der Waals surface area contributed by atoms with Crippen LogP contribution in [0.5, 0.6) is 0 Å². The van der Waals surface area contributed by atoms with Gasteiger partial charge in [-0.15, -0.1) is 0 Å². The van der Waals surface area contributed by atoms with Crippen molar-refractivity contribution < 1.29 is 0 Å². The normalized spacial score (nSPS) is 11.7. The highest BCUT2D eigenvalue weighted by molar-refractivity contribution is 6.25. The predicted molar refractivity (Wildman–Crippen MR) is 160 cm³/mol. The summed E-state index contributed by atoms with van der Waals surface area (Å²) in [7, 11) is 0. The summed E-state index contributed by atoms with van der Waals surface area (Å²) in [4.78, 5) is 0. The van der Waals surface area contributed by atoms with Crippen LogP contribution in [0.1, 0.15) is 24.5 Å². The fourth-order valence-electron chi connectivity index (χ4n) is 6.15. The van der Waals surface area contributed by atoms with Gasteiger partial charge in [0.1, 0.15) is 0 Å². The molecule has 1 heterocycles. The average Bonchev–Trinajstić information content (AvgIpc) is 3.28. The molecule has 0 radical (unpaired) electrons. The molecule has 7 rings (SSSR count). The van der Waals surface area contributed by atoms with Gasteiger partial charge in [0, 0.05) is 16.5 Å². The first-order chi connectivity index (χ1) is 18.2. The van der Waals surface area contributed by atoms with Gasteiger partial charge in [0.15, 0.2) is 0 Å². The van der Waals surface area contributed by atoms with Gasteiger partial charge >= 0.3 is 0 Å². The number of hydrogen-bond acceptors (Lipinski definition) is 0. The molecule has 0 aliphatic heterocycles. The van der Waals surface area contributed by atoms with E-state index in [0.29, 0.717) is 0 Å². The van der Waals surface area contributed by atoms with Gasteiger partial charge in [-0.25, -0.2) is 0 Å². The molecule has 0 aliphatic carbocycles. The average molecular weight is 476 g/mol. The lowest BCUT2D eigenvalue weighted by Gasteiger charge is -2.15. The largest absolute Gasteiger partial charge is 0.309 e. The zero-order chi connectivity index (χ0) is 24.9. The van der Waals surface area contributed by atoms with E-state index < -0.39 is 0 Å². The van der Waals surface area contributed by atoms with E-state index in [4.69, 9.17) is 0 Å². The van der Waals surface area contributed by atoms with Crippen LogP contribution in [0.15, 0.2) is 115 Å². The Bertz CT molecular complexity index is 1950. The van der Waals surface area contributed by atoms with Crippen LogP contribution in [0.3, 0.4) is 0 Å². The highest BCUT2D eigenvalue weighted by atomic mass is 15.0. The molecular formula is C36H29N. The van der Waals surface area contributed by atoms with E-state index in [9.17, 15) is 0 Å². The van der Waals surface area contributed by atoms with Crippen molar-refractivity contribution in [3.05, 3.63) is 126 Å².